The molecule has 1 aromatic rings. The smallest absolute Gasteiger partial charge is 0.328 e. The first-order valence-corrected chi connectivity index (χ1v) is 8.19. The fraction of sp³-hybridized carbons (Fsp3) is 0.526. The molecule has 1 unspecified atom stereocenters. The Balaban J connectivity index is 3.04. The number of carbonyl (C=O) groups is 1. The number of carboxylic acids is 1. The van der Waals surface area contributed by atoms with Crippen LogP contribution in [0, 0.1) is 5.92 Å². The quantitative estimate of drug-likeness (QED) is 0.677. The van der Waals surface area contributed by atoms with Gasteiger partial charge in [0, 0.05) is 25.9 Å². The maximum atomic E-state index is 10.8. The lowest BCUT2D eigenvalue weighted by Gasteiger charge is -2.19. The van der Waals surface area contributed by atoms with E-state index in [1.165, 1.54) is 30.9 Å². The van der Waals surface area contributed by atoms with Gasteiger partial charge < -0.3 is 10.0 Å². The second kappa shape index (κ2) is 9.29. The van der Waals surface area contributed by atoms with E-state index in [4.69, 9.17) is 5.11 Å². The minimum Gasteiger partial charge on any atom is -0.478 e. The van der Waals surface area contributed by atoms with Gasteiger partial charge in [-0.2, -0.15) is 0 Å². The predicted octanol–water partition coefficient (Wildman–Crippen LogP) is 4.61. The molecule has 0 bridgehead atoms. The number of rotatable bonds is 9. The van der Waals surface area contributed by atoms with Crippen molar-refractivity contribution in [3.05, 3.63) is 35.4 Å². The van der Waals surface area contributed by atoms with Gasteiger partial charge in [-0.1, -0.05) is 45.6 Å². The summed E-state index contributed by atoms with van der Waals surface area (Å²) in [5, 5.41) is 8.86. The summed E-state index contributed by atoms with van der Waals surface area (Å²) in [5.41, 5.74) is 3.42. The van der Waals surface area contributed by atoms with E-state index in [2.05, 4.69) is 24.8 Å². The van der Waals surface area contributed by atoms with E-state index in [0.29, 0.717) is 5.92 Å². The van der Waals surface area contributed by atoms with Crippen molar-refractivity contribution >= 4 is 17.7 Å². The van der Waals surface area contributed by atoms with Crippen LogP contribution >= 0.6 is 0 Å². The van der Waals surface area contributed by atoms with E-state index in [0.717, 1.165) is 24.1 Å². The molecule has 1 N–H and O–H groups in total. The molecule has 0 saturated carbocycles. The molecule has 3 nitrogen and oxygen atoms in total. The molecule has 0 spiro atoms. The van der Waals surface area contributed by atoms with E-state index < -0.39 is 5.97 Å². The van der Waals surface area contributed by atoms with E-state index in [1.807, 2.05) is 26.2 Å². The monoisotopic (exact) mass is 303 g/mol. The van der Waals surface area contributed by atoms with Crippen LogP contribution < -0.4 is 4.90 Å². The third kappa shape index (κ3) is 5.92. The second-order valence-electron chi connectivity index (χ2n) is 6.07. The zero-order valence-corrected chi connectivity index (χ0v) is 14.3. The molecule has 0 aliphatic heterocycles. The van der Waals surface area contributed by atoms with Crippen molar-refractivity contribution in [2.75, 3.05) is 19.0 Å². The minimum absolute atomic E-state index is 0.661. The molecule has 0 amide bonds. The molecule has 3 heteroatoms. The third-order valence-electron chi connectivity index (χ3n) is 4.10. The summed E-state index contributed by atoms with van der Waals surface area (Å²) in [7, 11) is 4.06. The number of unbranched alkanes of at least 4 members (excludes halogenated alkanes) is 1. The molecular formula is C19H29NO2. The summed E-state index contributed by atoms with van der Waals surface area (Å²) in [6.45, 7) is 4.46. The SMILES string of the molecule is CCCCC(CC)Cc1cc(N(C)C)ccc1C=CC(=O)O. The number of aliphatic carboxylic acids is 1. The van der Waals surface area contributed by atoms with Crippen LogP contribution in [0.15, 0.2) is 24.3 Å². The largest absolute Gasteiger partial charge is 0.478 e. The van der Waals surface area contributed by atoms with E-state index >= 15 is 0 Å². The Morgan fingerprint density at radius 1 is 1.32 bits per heavy atom. The van der Waals surface area contributed by atoms with Crippen LogP contribution in [0.4, 0.5) is 5.69 Å². The zero-order chi connectivity index (χ0) is 16.5. The van der Waals surface area contributed by atoms with Gasteiger partial charge in [0.25, 0.3) is 0 Å². The van der Waals surface area contributed by atoms with Crippen LogP contribution in [0.3, 0.4) is 0 Å². The molecule has 0 fully saturated rings. The first-order valence-electron chi connectivity index (χ1n) is 8.19. The van der Waals surface area contributed by atoms with Gasteiger partial charge in [0.05, 0.1) is 0 Å². The molecule has 0 aromatic heterocycles. The van der Waals surface area contributed by atoms with Gasteiger partial charge in [0.1, 0.15) is 0 Å². The maximum absolute atomic E-state index is 10.8. The maximum Gasteiger partial charge on any atom is 0.328 e. The van der Waals surface area contributed by atoms with E-state index in [1.54, 1.807) is 6.08 Å². The highest BCUT2D eigenvalue weighted by Gasteiger charge is 2.11. The number of hydrogen-bond acceptors (Lipinski definition) is 2. The van der Waals surface area contributed by atoms with Gasteiger partial charge in [-0.05, 0) is 41.7 Å². The average Bonchev–Trinajstić information content (AvgIpc) is 2.49. The Hall–Kier alpha value is -1.77. The Bertz CT molecular complexity index is 506. The van der Waals surface area contributed by atoms with Crippen LogP contribution in [0.25, 0.3) is 6.08 Å². The van der Waals surface area contributed by atoms with Crippen molar-refractivity contribution in [1.29, 1.82) is 0 Å². The number of carboxylic acid groups (broad SMARTS) is 1. The lowest BCUT2D eigenvalue weighted by atomic mass is 9.89. The highest BCUT2D eigenvalue weighted by atomic mass is 16.4. The Kier molecular flexibility index (Phi) is 7.72. The fourth-order valence-corrected chi connectivity index (χ4v) is 2.63. The number of hydrogen-bond donors (Lipinski definition) is 1. The standard InChI is InChI=1S/C19H29NO2/c1-5-7-8-15(6-2)13-17-14-18(20(3)4)11-9-16(17)10-12-19(21)22/h9-12,14-15H,5-8,13H2,1-4H3,(H,21,22). The molecule has 0 aliphatic rings. The average molecular weight is 303 g/mol. The topological polar surface area (TPSA) is 40.5 Å². The number of anilines is 1. The van der Waals surface area contributed by atoms with Gasteiger partial charge in [0.2, 0.25) is 0 Å². The van der Waals surface area contributed by atoms with Crippen molar-refractivity contribution in [3.8, 4) is 0 Å². The lowest BCUT2D eigenvalue weighted by molar-refractivity contribution is -0.131. The number of nitrogens with zero attached hydrogens (tertiary/aromatic N) is 1. The molecule has 0 aliphatic carbocycles. The van der Waals surface area contributed by atoms with Crippen LogP contribution in [0.2, 0.25) is 0 Å². The molecular weight excluding hydrogens is 274 g/mol. The van der Waals surface area contributed by atoms with Crippen LogP contribution in [0.1, 0.15) is 50.7 Å². The first kappa shape index (κ1) is 18.3. The fourth-order valence-electron chi connectivity index (χ4n) is 2.63. The summed E-state index contributed by atoms with van der Waals surface area (Å²) in [4.78, 5) is 12.9. The summed E-state index contributed by atoms with van der Waals surface area (Å²) in [6, 6.07) is 6.25. The van der Waals surface area contributed by atoms with Crippen molar-refractivity contribution < 1.29 is 9.90 Å². The minimum atomic E-state index is -0.902. The van der Waals surface area contributed by atoms with Crippen molar-refractivity contribution in [1.82, 2.24) is 0 Å². The lowest BCUT2D eigenvalue weighted by Crippen LogP contribution is -2.10. The Labute approximate surface area is 134 Å². The summed E-state index contributed by atoms with van der Waals surface area (Å²) in [6.07, 6.45) is 8.82. The second-order valence-corrected chi connectivity index (χ2v) is 6.07. The molecule has 1 aromatic carbocycles. The molecule has 1 atom stereocenters. The molecule has 0 saturated heterocycles. The molecule has 1 rings (SSSR count). The highest BCUT2D eigenvalue weighted by molar-refractivity contribution is 5.85. The van der Waals surface area contributed by atoms with Gasteiger partial charge in [0.15, 0.2) is 0 Å². The van der Waals surface area contributed by atoms with Crippen molar-refractivity contribution in [2.24, 2.45) is 5.92 Å². The van der Waals surface area contributed by atoms with Crippen molar-refractivity contribution in [2.45, 2.75) is 46.0 Å². The van der Waals surface area contributed by atoms with E-state index in [-0.39, 0.29) is 0 Å². The Morgan fingerprint density at radius 2 is 2.05 bits per heavy atom. The molecule has 122 valence electrons. The van der Waals surface area contributed by atoms with Gasteiger partial charge in [-0.25, -0.2) is 4.79 Å². The molecule has 0 heterocycles. The summed E-state index contributed by atoms with van der Waals surface area (Å²) >= 11 is 0. The predicted molar refractivity (Wildman–Crippen MR) is 94.4 cm³/mol. The van der Waals surface area contributed by atoms with Crippen LogP contribution in [-0.2, 0) is 11.2 Å². The highest BCUT2D eigenvalue weighted by Crippen LogP contribution is 2.25. The normalized spacial score (nSPS) is 12.5. The van der Waals surface area contributed by atoms with Gasteiger partial charge in [-0.3, -0.25) is 0 Å². The van der Waals surface area contributed by atoms with Crippen molar-refractivity contribution in [3.63, 3.8) is 0 Å². The molecule has 0 radical (unpaired) electrons. The van der Waals surface area contributed by atoms with E-state index in [9.17, 15) is 4.79 Å². The van der Waals surface area contributed by atoms with Crippen LogP contribution in [0.5, 0.6) is 0 Å². The van der Waals surface area contributed by atoms with Gasteiger partial charge >= 0.3 is 5.97 Å². The number of benzene rings is 1. The van der Waals surface area contributed by atoms with Crippen LogP contribution in [-0.4, -0.2) is 25.2 Å². The Morgan fingerprint density at radius 3 is 2.59 bits per heavy atom. The first-order chi connectivity index (χ1) is 10.5. The molecule has 22 heavy (non-hydrogen) atoms. The summed E-state index contributed by atoms with van der Waals surface area (Å²) < 4.78 is 0. The zero-order valence-electron chi connectivity index (χ0n) is 14.3. The summed E-state index contributed by atoms with van der Waals surface area (Å²) in [5.74, 6) is -0.241. The third-order valence-corrected chi connectivity index (χ3v) is 4.10. The van der Waals surface area contributed by atoms with Gasteiger partial charge in [-0.15, -0.1) is 0 Å².